The maximum Gasteiger partial charge on any atom is 0.320 e. The van der Waals surface area contributed by atoms with Crippen molar-refractivity contribution in [2.75, 3.05) is 14.2 Å². The van der Waals surface area contributed by atoms with E-state index in [2.05, 4.69) is 0 Å². The number of methoxy groups -OCH3 is 2. The summed E-state index contributed by atoms with van der Waals surface area (Å²) in [5.74, 6) is -3.52. The first-order valence-electron chi connectivity index (χ1n) is 7.02. The van der Waals surface area contributed by atoms with Crippen molar-refractivity contribution in [1.82, 2.24) is 0 Å². The molecule has 1 aromatic rings. The fraction of sp³-hybridized carbons (Fsp3) is 0.438. The van der Waals surface area contributed by atoms with Crippen LogP contribution in [0, 0.1) is 11.8 Å². The van der Waals surface area contributed by atoms with Gasteiger partial charge in [0.2, 0.25) is 0 Å². The Labute approximate surface area is 126 Å². The first kappa shape index (κ1) is 13.5. The zero-order valence-corrected chi connectivity index (χ0v) is 12.1. The van der Waals surface area contributed by atoms with Crippen molar-refractivity contribution in [2.24, 2.45) is 11.8 Å². The van der Waals surface area contributed by atoms with E-state index in [1.54, 1.807) is 12.1 Å². The van der Waals surface area contributed by atoms with Gasteiger partial charge in [0.05, 0.1) is 13.0 Å². The number of cyclic esters (lactones) is 2. The average molecular weight is 302 g/mol. The summed E-state index contributed by atoms with van der Waals surface area (Å²) in [4.78, 5) is 37.1. The fourth-order valence-corrected chi connectivity index (χ4v) is 4.64. The highest BCUT2D eigenvalue weighted by molar-refractivity contribution is 6.05. The molecule has 1 heterocycles. The van der Waals surface area contributed by atoms with Crippen LogP contribution in [-0.4, -0.2) is 32.1 Å². The second kappa shape index (κ2) is 3.95. The van der Waals surface area contributed by atoms with Gasteiger partial charge in [-0.15, -0.1) is 0 Å². The topological polar surface area (TPSA) is 78.9 Å². The molecule has 2 bridgehead atoms. The highest BCUT2D eigenvalue weighted by atomic mass is 16.6. The van der Waals surface area contributed by atoms with Crippen LogP contribution in [0.3, 0.4) is 0 Å². The third-order valence-corrected chi connectivity index (χ3v) is 5.39. The molecule has 0 unspecified atom stereocenters. The molecular formula is C16H14O6. The number of hydrogen-bond donors (Lipinski definition) is 0. The molecular weight excluding hydrogens is 288 g/mol. The number of fused-ring (bicyclic) bond motifs is 8. The second-order valence-corrected chi connectivity index (χ2v) is 5.97. The van der Waals surface area contributed by atoms with Gasteiger partial charge in [0.25, 0.3) is 0 Å². The van der Waals surface area contributed by atoms with Crippen molar-refractivity contribution in [3.8, 4) is 0 Å². The highest BCUT2D eigenvalue weighted by Crippen LogP contribution is 2.68. The van der Waals surface area contributed by atoms with Crippen LogP contribution in [-0.2, 0) is 39.6 Å². The van der Waals surface area contributed by atoms with E-state index in [4.69, 9.17) is 14.2 Å². The van der Waals surface area contributed by atoms with Gasteiger partial charge in [-0.2, -0.15) is 0 Å². The summed E-state index contributed by atoms with van der Waals surface area (Å²) >= 11 is 0. The zero-order chi connectivity index (χ0) is 15.7. The van der Waals surface area contributed by atoms with E-state index in [0.29, 0.717) is 5.56 Å². The van der Waals surface area contributed by atoms with E-state index >= 15 is 0 Å². The standard InChI is InChI=1S/C16H14O6/c1-20-14(19)15-7-16(21-2,9-6-4-3-5-8(9)15)11-10(15)12(17)22-13(11)18/h3-6,10-11H,7H2,1-2H3/t10-,11+,15-,16+/m0/s1. The number of rotatable bonds is 2. The van der Waals surface area contributed by atoms with Gasteiger partial charge in [-0.25, -0.2) is 0 Å². The van der Waals surface area contributed by atoms with E-state index < -0.39 is 40.8 Å². The van der Waals surface area contributed by atoms with E-state index in [1.807, 2.05) is 12.1 Å². The lowest BCUT2D eigenvalue weighted by atomic mass is 9.67. The molecule has 0 aromatic heterocycles. The van der Waals surface area contributed by atoms with Crippen molar-refractivity contribution < 1.29 is 28.6 Å². The molecule has 0 amide bonds. The molecule has 1 aliphatic heterocycles. The summed E-state index contributed by atoms with van der Waals surface area (Å²) in [7, 11) is 2.77. The van der Waals surface area contributed by atoms with Crippen LogP contribution >= 0.6 is 0 Å². The summed E-state index contributed by atoms with van der Waals surface area (Å²) in [5.41, 5.74) is -0.777. The molecule has 4 rings (SSSR count). The summed E-state index contributed by atoms with van der Waals surface area (Å²) in [6, 6.07) is 7.24. The van der Waals surface area contributed by atoms with Crippen LogP contribution in [0.4, 0.5) is 0 Å². The van der Waals surface area contributed by atoms with E-state index in [0.717, 1.165) is 5.56 Å². The first-order valence-corrected chi connectivity index (χ1v) is 7.02. The molecule has 114 valence electrons. The van der Waals surface area contributed by atoms with E-state index in [9.17, 15) is 14.4 Å². The van der Waals surface area contributed by atoms with Gasteiger partial charge < -0.3 is 14.2 Å². The van der Waals surface area contributed by atoms with Crippen LogP contribution < -0.4 is 0 Å². The summed E-state index contributed by atoms with van der Waals surface area (Å²) < 4.78 is 15.5. The maximum atomic E-state index is 12.6. The van der Waals surface area contributed by atoms with Crippen molar-refractivity contribution >= 4 is 17.9 Å². The Morgan fingerprint density at radius 3 is 2.41 bits per heavy atom. The molecule has 3 aliphatic rings. The molecule has 22 heavy (non-hydrogen) atoms. The number of esters is 3. The third kappa shape index (κ3) is 1.16. The molecule has 1 saturated heterocycles. The quantitative estimate of drug-likeness (QED) is 0.590. The molecule has 2 aliphatic carbocycles. The monoisotopic (exact) mass is 302 g/mol. The van der Waals surface area contributed by atoms with Crippen molar-refractivity contribution in [3.63, 3.8) is 0 Å². The first-order chi connectivity index (χ1) is 10.5. The Hall–Kier alpha value is -2.21. The number of carbonyl (C=O) groups is 3. The van der Waals surface area contributed by atoms with Gasteiger partial charge in [-0.1, -0.05) is 24.3 Å². The van der Waals surface area contributed by atoms with Crippen LogP contribution in [0.5, 0.6) is 0 Å². The maximum absolute atomic E-state index is 12.6. The number of hydrogen-bond acceptors (Lipinski definition) is 6. The Bertz CT molecular complexity index is 725. The van der Waals surface area contributed by atoms with Gasteiger partial charge in [0.1, 0.15) is 16.9 Å². The van der Waals surface area contributed by atoms with Gasteiger partial charge in [-0.3, -0.25) is 14.4 Å². The lowest BCUT2D eigenvalue weighted by Crippen LogP contribution is -2.46. The Morgan fingerprint density at radius 2 is 1.77 bits per heavy atom. The SMILES string of the molecule is COC(=O)[C@@]12C[C@@](OC)(c3ccccc31)[C@H]1C(=O)OC(=O)[C@H]12. The molecule has 2 fully saturated rings. The van der Waals surface area contributed by atoms with Gasteiger partial charge in [0.15, 0.2) is 0 Å². The van der Waals surface area contributed by atoms with Crippen molar-refractivity contribution in [3.05, 3.63) is 35.4 Å². The summed E-state index contributed by atoms with van der Waals surface area (Å²) in [6.45, 7) is 0. The molecule has 4 atom stereocenters. The molecule has 0 radical (unpaired) electrons. The van der Waals surface area contributed by atoms with Crippen LogP contribution in [0.15, 0.2) is 24.3 Å². The minimum atomic E-state index is -1.21. The predicted octanol–water partition coefficient (Wildman–Crippen LogP) is 0.672. The molecule has 1 aromatic carbocycles. The van der Waals surface area contributed by atoms with E-state index in [1.165, 1.54) is 14.2 Å². The highest BCUT2D eigenvalue weighted by Gasteiger charge is 2.79. The zero-order valence-electron chi connectivity index (χ0n) is 12.1. The van der Waals surface area contributed by atoms with Crippen molar-refractivity contribution in [2.45, 2.75) is 17.4 Å². The fourth-order valence-electron chi connectivity index (χ4n) is 4.64. The number of benzene rings is 1. The molecule has 6 heteroatoms. The van der Waals surface area contributed by atoms with Crippen molar-refractivity contribution in [1.29, 1.82) is 0 Å². The van der Waals surface area contributed by atoms with Crippen LogP contribution in [0.2, 0.25) is 0 Å². The second-order valence-electron chi connectivity index (χ2n) is 5.97. The summed E-state index contributed by atoms with van der Waals surface area (Å²) in [6.07, 6.45) is 0.221. The molecule has 6 nitrogen and oxygen atoms in total. The number of carbonyl (C=O) groups excluding carboxylic acids is 3. The van der Waals surface area contributed by atoms with Gasteiger partial charge in [0, 0.05) is 13.5 Å². The minimum Gasteiger partial charge on any atom is -0.468 e. The largest absolute Gasteiger partial charge is 0.468 e. The smallest absolute Gasteiger partial charge is 0.320 e. The molecule has 0 spiro atoms. The lowest BCUT2D eigenvalue weighted by molar-refractivity contribution is -0.161. The van der Waals surface area contributed by atoms with E-state index in [-0.39, 0.29) is 6.42 Å². The molecule has 0 N–H and O–H groups in total. The Kier molecular flexibility index (Phi) is 2.42. The Morgan fingerprint density at radius 1 is 1.14 bits per heavy atom. The van der Waals surface area contributed by atoms with Crippen LogP contribution in [0.25, 0.3) is 0 Å². The Balaban J connectivity index is 2.07. The van der Waals surface area contributed by atoms with Gasteiger partial charge >= 0.3 is 17.9 Å². The lowest BCUT2D eigenvalue weighted by Gasteiger charge is -2.34. The predicted molar refractivity (Wildman–Crippen MR) is 71.5 cm³/mol. The average Bonchev–Trinajstić information content (AvgIpc) is 3.13. The number of ether oxygens (including phenoxy) is 3. The van der Waals surface area contributed by atoms with Crippen LogP contribution in [0.1, 0.15) is 17.5 Å². The van der Waals surface area contributed by atoms with Gasteiger partial charge in [-0.05, 0) is 11.1 Å². The minimum absolute atomic E-state index is 0.221. The normalized spacial score (nSPS) is 37.7. The third-order valence-electron chi connectivity index (χ3n) is 5.39. The summed E-state index contributed by atoms with van der Waals surface area (Å²) in [5, 5.41) is 0. The molecule has 1 saturated carbocycles.